The first-order chi connectivity index (χ1) is 7.74. The molecule has 1 aliphatic heterocycles. The van der Waals surface area contributed by atoms with Gasteiger partial charge < -0.3 is 20.9 Å². The maximum absolute atomic E-state index is 9.51. The summed E-state index contributed by atoms with van der Waals surface area (Å²) in [5, 5.41) is 12.8. The fraction of sp³-hybridized carbons (Fsp3) is 0.545. The van der Waals surface area contributed by atoms with Gasteiger partial charge in [0.25, 0.3) is 0 Å². The van der Waals surface area contributed by atoms with Gasteiger partial charge in [0, 0.05) is 31.2 Å². The van der Waals surface area contributed by atoms with Gasteiger partial charge in [0.05, 0.1) is 12.1 Å². The van der Waals surface area contributed by atoms with E-state index in [-0.39, 0.29) is 12.1 Å². The zero-order valence-corrected chi connectivity index (χ0v) is 9.15. The molecule has 0 amide bonds. The van der Waals surface area contributed by atoms with E-state index < -0.39 is 0 Å². The number of anilines is 2. The monoisotopic (exact) mass is 223 g/mol. The van der Waals surface area contributed by atoms with Crippen molar-refractivity contribution in [3.8, 4) is 0 Å². The highest BCUT2D eigenvalue weighted by Crippen LogP contribution is 2.25. The van der Waals surface area contributed by atoms with Crippen LogP contribution in [0.4, 0.5) is 11.5 Å². The Labute approximate surface area is 94.6 Å². The molecule has 4 N–H and O–H groups in total. The maximum atomic E-state index is 9.51. The summed E-state index contributed by atoms with van der Waals surface area (Å²) in [4.78, 5) is 3.93. The molecular weight excluding hydrogens is 206 g/mol. The van der Waals surface area contributed by atoms with Crippen LogP contribution in [0, 0.1) is 0 Å². The second-order valence-corrected chi connectivity index (χ2v) is 4.15. The number of nitrogens with two attached hydrogens (primary N) is 1. The first-order valence-electron chi connectivity index (χ1n) is 5.42. The lowest BCUT2D eigenvalue weighted by molar-refractivity contribution is 0.0380. The Balaban J connectivity index is 2.11. The quantitative estimate of drug-likeness (QED) is 0.700. The van der Waals surface area contributed by atoms with Gasteiger partial charge in [-0.05, 0) is 18.9 Å². The highest BCUT2D eigenvalue weighted by atomic mass is 16.5. The highest BCUT2D eigenvalue weighted by Gasteiger charge is 2.31. The minimum absolute atomic E-state index is 0.0958. The van der Waals surface area contributed by atoms with Crippen LogP contribution in [0.3, 0.4) is 0 Å². The van der Waals surface area contributed by atoms with Gasteiger partial charge in [-0.25, -0.2) is 4.98 Å². The molecule has 1 fully saturated rings. The molecule has 0 saturated carbocycles. The number of nitrogens with one attached hydrogen (secondary N) is 1. The number of nitrogen functional groups attached to an aromatic ring is 1. The zero-order chi connectivity index (χ0) is 11.4. The Kier molecular flexibility index (Phi) is 3.26. The molecule has 0 bridgehead atoms. The molecule has 0 unspecified atom stereocenters. The lowest BCUT2D eigenvalue weighted by Crippen LogP contribution is -2.46. The fourth-order valence-corrected chi connectivity index (χ4v) is 1.92. The summed E-state index contributed by atoms with van der Waals surface area (Å²) >= 11 is 0. The first-order valence-corrected chi connectivity index (χ1v) is 5.42. The van der Waals surface area contributed by atoms with Crippen LogP contribution in [0.1, 0.15) is 12.8 Å². The van der Waals surface area contributed by atoms with Crippen molar-refractivity contribution < 1.29 is 9.84 Å². The zero-order valence-electron chi connectivity index (χ0n) is 9.15. The van der Waals surface area contributed by atoms with Crippen molar-refractivity contribution in [2.75, 3.05) is 30.9 Å². The molecule has 0 aliphatic carbocycles. The van der Waals surface area contributed by atoms with Crippen molar-refractivity contribution in [1.29, 1.82) is 0 Å². The molecule has 5 heteroatoms. The number of ether oxygens (including phenoxy) is 1. The van der Waals surface area contributed by atoms with Gasteiger partial charge in [-0.1, -0.05) is 0 Å². The van der Waals surface area contributed by atoms with Crippen LogP contribution in [-0.2, 0) is 4.74 Å². The third-order valence-electron chi connectivity index (χ3n) is 2.94. The van der Waals surface area contributed by atoms with Crippen molar-refractivity contribution in [3.63, 3.8) is 0 Å². The predicted molar refractivity (Wildman–Crippen MR) is 62.1 cm³/mol. The Bertz CT molecular complexity index is 351. The second kappa shape index (κ2) is 4.67. The van der Waals surface area contributed by atoms with E-state index in [1.54, 1.807) is 12.3 Å². The molecule has 1 saturated heterocycles. The van der Waals surface area contributed by atoms with E-state index in [1.807, 2.05) is 6.07 Å². The number of pyridine rings is 1. The van der Waals surface area contributed by atoms with Crippen LogP contribution in [0.5, 0.6) is 0 Å². The van der Waals surface area contributed by atoms with E-state index in [0.717, 1.165) is 18.5 Å². The summed E-state index contributed by atoms with van der Waals surface area (Å²) < 4.78 is 5.30. The van der Waals surface area contributed by atoms with E-state index in [4.69, 9.17) is 10.5 Å². The van der Waals surface area contributed by atoms with E-state index in [2.05, 4.69) is 10.3 Å². The van der Waals surface area contributed by atoms with E-state index in [9.17, 15) is 5.11 Å². The van der Waals surface area contributed by atoms with E-state index >= 15 is 0 Å². The minimum atomic E-state index is -0.286. The van der Waals surface area contributed by atoms with Crippen LogP contribution in [0.15, 0.2) is 18.3 Å². The van der Waals surface area contributed by atoms with Gasteiger partial charge in [0.15, 0.2) is 0 Å². The molecule has 1 aliphatic rings. The van der Waals surface area contributed by atoms with E-state index in [0.29, 0.717) is 19.0 Å². The lowest BCUT2D eigenvalue weighted by atomic mass is 9.90. The van der Waals surface area contributed by atoms with Gasteiger partial charge in [-0.3, -0.25) is 0 Å². The minimum Gasteiger partial charge on any atom is -0.394 e. The molecule has 0 aromatic carbocycles. The lowest BCUT2D eigenvalue weighted by Gasteiger charge is -2.37. The van der Waals surface area contributed by atoms with Gasteiger partial charge in [0.1, 0.15) is 5.82 Å². The molecule has 1 aromatic heterocycles. The normalized spacial score (nSPS) is 19.3. The Morgan fingerprint density at radius 2 is 2.25 bits per heavy atom. The summed E-state index contributed by atoms with van der Waals surface area (Å²) in [7, 11) is 0. The van der Waals surface area contributed by atoms with Crippen LogP contribution in [-0.4, -0.2) is 35.5 Å². The van der Waals surface area contributed by atoms with Crippen molar-refractivity contribution in [2.45, 2.75) is 18.4 Å². The molecule has 0 radical (unpaired) electrons. The van der Waals surface area contributed by atoms with Crippen molar-refractivity contribution >= 4 is 11.5 Å². The molecule has 5 nitrogen and oxygen atoms in total. The number of nitrogens with zero attached hydrogens (tertiary/aromatic N) is 1. The van der Waals surface area contributed by atoms with Crippen LogP contribution in [0.25, 0.3) is 0 Å². The third kappa shape index (κ3) is 2.43. The Hall–Kier alpha value is -1.33. The average molecular weight is 223 g/mol. The summed E-state index contributed by atoms with van der Waals surface area (Å²) in [6.45, 7) is 1.45. The summed E-state index contributed by atoms with van der Waals surface area (Å²) in [6, 6.07) is 3.62. The third-order valence-corrected chi connectivity index (χ3v) is 2.94. The Morgan fingerprint density at radius 1 is 1.50 bits per heavy atom. The summed E-state index contributed by atoms with van der Waals surface area (Å²) in [5.74, 6) is 0.477. The standard InChI is InChI=1S/C11H17N3O2/c12-10-7-9(1-4-13-10)14-11(8-15)2-5-16-6-3-11/h1,4,7,15H,2-3,5-6,8H2,(H3,12,13,14). The molecule has 2 rings (SSSR count). The van der Waals surface area contributed by atoms with E-state index in [1.165, 1.54) is 0 Å². The molecule has 1 aromatic rings. The summed E-state index contributed by atoms with van der Waals surface area (Å²) in [5.41, 5.74) is 6.22. The topological polar surface area (TPSA) is 80.4 Å². The largest absolute Gasteiger partial charge is 0.394 e. The van der Waals surface area contributed by atoms with Crippen LogP contribution in [0.2, 0.25) is 0 Å². The molecule has 2 heterocycles. The second-order valence-electron chi connectivity index (χ2n) is 4.15. The smallest absolute Gasteiger partial charge is 0.125 e. The SMILES string of the molecule is Nc1cc(NC2(CO)CCOCC2)ccn1. The fourth-order valence-electron chi connectivity index (χ4n) is 1.92. The number of aliphatic hydroxyl groups is 1. The number of rotatable bonds is 3. The van der Waals surface area contributed by atoms with Crippen molar-refractivity contribution in [2.24, 2.45) is 0 Å². The molecule has 0 spiro atoms. The van der Waals surface area contributed by atoms with Gasteiger partial charge in [-0.2, -0.15) is 0 Å². The van der Waals surface area contributed by atoms with Crippen LogP contribution < -0.4 is 11.1 Å². The number of aromatic nitrogens is 1. The Morgan fingerprint density at radius 3 is 2.88 bits per heavy atom. The first kappa shape index (κ1) is 11.2. The number of hydrogen-bond acceptors (Lipinski definition) is 5. The van der Waals surface area contributed by atoms with Crippen molar-refractivity contribution in [1.82, 2.24) is 4.98 Å². The van der Waals surface area contributed by atoms with Gasteiger partial charge in [-0.15, -0.1) is 0 Å². The molecule has 0 atom stereocenters. The predicted octanol–water partition coefficient (Wildman–Crippen LogP) is 0.617. The van der Waals surface area contributed by atoms with Gasteiger partial charge in [0.2, 0.25) is 0 Å². The number of aliphatic hydroxyl groups excluding tert-OH is 1. The van der Waals surface area contributed by atoms with Crippen LogP contribution >= 0.6 is 0 Å². The highest BCUT2D eigenvalue weighted by molar-refractivity contribution is 5.51. The van der Waals surface area contributed by atoms with Gasteiger partial charge >= 0.3 is 0 Å². The average Bonchev–Trinajstić information content (AvgIpc) is 2.30. The molecule has 88 valence electrons. The molecular formula is C11H17N3O2. The number of hydrogen-bond donors (Lipinski definition) is 3. The summed E-state index contributed by atoms with van der Waals surface area (Å²) in [6.07, 6.45) is 3.25. The maximum Gasteiger partial charge on any atom is 0.125 e. The molecule has 16 heavy (non-hydrogen) atoms. The van der Waals surface area contributed by atoms with Crippen molar-refractivity contribution in [3.05, 3.63) is 18.3 Å².